The predicted molar refractivity (Wildman–Crippen MR) is 79.7 cm³/mol. The summed E-state index contributed by atoms with van der Waals surface area (Å²) in [6, 6.07) is 11.7. The molecule has 0 aliphatic heterocycles. The number of hydrogen-bond acceptors (Lipinski definition) is 5. The monoisotopic (exact) mass is 370 g/mol. The number of carbonyl (C=O) groups is 1. The highest BCUT2D eigenvalue weighted by Crippen LogP contribution is 2.21. The molecule has 110 valence electrons. The van der Waals surface area contributed by atoms with Crippen LogP contribution in [-0.4, -0.2) is 21.5 Å². The van der Waals surface area contributed by atoms with E-state index in [1.165, 1.54) is 43.5 Å². The third-order valence-electron chi connectivity index (χ3n) is 2.58. The molecule has 2 rings (SSSR count). The second-order valence-corrected chi connectivity index (χ2v) is 6.47. The second kappa shape index (κ2) is 6.28. The van der Waals surface area contributed by atoms with Gasteiger partial charge in [0.15, 0.2) is 0 Å². The first kappa shape index (κ1) is 15.5. The van der Waals surface area contributed by atoms with Crippen LogP contribution < -0.4 is 4.18 Å². The Hall–Kier alpha value is -1.86. The van der Waals surface area contributed by atoms with Crippen molar-refractivity contribution in [3.05, 3.63) is 58.6 Å². The van der Waals surface area contributed by atoms with Gasteiger partial charge in [0.05, 0.1) is 12.7 Å². The molecular weight excluding hydrogens is 360 g/mol. The summed E-state index contributed by atoms with van der Waals surface area (Å²) in [5.41, 5.74) is 0.311. The lowest BCUT2D eigenvalue weighted by Gasteiger charge is -2.07. The van der Waals surface area contributed by atoms with E-state index in [2.05, 4.69) is 20.7 Å². The largest absolute Gasteiger partial charge is 0.465 e. The number of ether oxygens (including phenoxy) is 1. The number of halogens is 1. The van der Waals surface area contributed by atoms with E-state index in [0.29, 0.717) is 5.56 Å². The molecule has 0 aliphatic rings. The Kier molecular flexibility index (Phi) is 4.64. The van der Waals surface area contributed by atoms with Crippen molar-refractivity contribution in [2.75, 3.05) is 7.11 Å². The standard InChI is InChI=1S/C14H11BrO5S/c1-19-14(16)10-2-6-12(7-3-10)20-21(17,18)13-8-4-11(15)5-9-13/h2-9H,1H3. The maximum atomic E-state index is 12.1. The highest BCUT2D eigenvalue weighted by Gasteiger charge is 2.16. The van der Waals surface area contributed by atoms with E-state index in [4.69, 9.17) is 4.18 Å². The molecule has 0 aromatic heterocycles. The third-order valence-corrected chi connectivity index (χ3v) is 4.37. The molecule has 7 heteroatoms. The average Bonchev–Trinajstić information content (AvgIpc) is 2.47. The van der Waals surface area contributed by atoms with Crippen molar-refractivity contribution >= 4 is 32.0 Å². The zero-order chi connectivity index (χ0) is 15.5. The Morgan fingerprint density at radius 1 is 1.00 bits per heavy atom. The van der Waals surface area contributed by atoms with Crippen LogP contribution in [0, 0.1) is 0 Å². The normalized spacial score (nSPS) is 11.0. The van der Waals surface area contributed by atoms with Crippen LogP contribution in [-0.2, 0) is 14.9 Å². The molecule has 0 unspecified atom stereocenters. The minimum Gasteiger partial charge on any atom is -0.465 e. The van der Waals surface area contributed by atoms with E-state index < -0.39 is 16.1 Å². The molecule has 21 heavy (non-hydrogen) atoms. The maximum Gasteiger partial charge on any atom is 0.339 e. The van der Waals surface area contributed by atoms with Gasteiger partial charge in [0.2, 0.25) is 0 Å². The average molecular weight is 371 g/mol. The van der Waals surface area contributed by atoms with Crippen molar-refractivity contribution in [2.24, 2.45) is 0 Å². The molecule has 0 fully saturated rings. The Bertz CT molecular complexity index is 736. The summed E-state index contributed by atoms with van der Waals surface area (Å²) in [4.78, 5) is 11.3. The van der Waals surface area contributed by atoms with Crippen LogP contribution in [0.2, 0.25) is 0 Å². The molecule has 0 N–H and O–H groups in total. The maximum absolute atomic E-state index is 12.1. The molecule has 0 heterocycles. The van der Waals surface area contributed by atoms with Crippen LogP contribution >= 0.6 is 15.9 Å². The van der Waals surface area contributed by atoms with Gasteiger partial charge in [0, 0.05) is 4.47 Å². The predicted octanol–water partition coefficient (Wildman–Crippen LogP) is 3.00. The van der Waals surface area contributed by atoms with Crippen molar-refractivity contribution in [1.29, 1.82) is 0 Å². The molecule has 0 amide bonds. The van der Waals surface area contributed by atoms with Gasteiger partial charge < -0.3 is 8.92 Å². The summed E-state index contributed by atoms with van der Waals surface area (Å²) in [6.45, 7) is 0. The molecule has 0 saturated carbocycles. The van der Waals surface area contributed by atoms with Crippen molar-refractivity contribution in [3.63, 3.8) is 0 Å². The Morgan fingerprint density at radius 3 is 2.10 bits per heavy atom. The summed E-state index contributed by atoms with van der Waals surface area (Å²) >= 11 is 3.23. The molecule has 0 atom stereocenters. The summed E-state index contributed by atoms with van der Waals surface area (Å²) < 4.78 is 34.4. The molecule has 0 spiro atoms. The van der Waals surface area contributed by atoms with Crippen LogP contribution in [0.4, 0.5) is 0 Å². The summed E-state index contributed by atoms with van der Waals surface area (Å²) in [5, 5.41) is 0. The van der Waals surface area contributed by atoms with Gasteiger partial charge in [-0.25, -0.2) is 4.79 Å². The van der Waals surface area contributed by atoms with E-state index in [-0.39, 0.29) is 10.6 Å². The molecule has 0 saturated heterocycles. The first-order valence-electron chi connectivity index (χ1n) is 5.81. The molecular formula is C14H11BrO5S. The van der Waals surface area contributed by atoms with E-state index in [9.17, 15) is 13.2 Å². The van der Waals surface area contributed by atoms with Gasteiger partial charge in [-0.1, -0.05) is 15.9 Å². The SMILES string of the molecule is COC(=O)c1ccc(OS(=O)(=O)c2ccc(Br)cc2)cc1. The first-order chi connectivity index (χ1) is 9.92. The van der Waals surface area contributed by atoms with Gasteiger partial charge in [-0.15, -0.1) is 0 Å². The Balaban J connectivity index is 2.20. The van der Waals surface area contributed by atoms with Crippen LogP contribution in [0.1, 0.15) is 10.4 Å². The minimum absolute atomic E-state index is 0.0442. The molecule has 0 radical (unpaired) electrons. The quantitative estimate of drug-likeness (QED) is 0.611. The molecule has 5 nitrogen and oxygen atoms in total. The van der Waals surface area contributed by atoms with E-state index >= 15 is 0 Å². The van der Waals surface area contributed by atoms with Crippen molar-refractivity contribution < 1.29 is 22.1 Å². The minimum atomic E-state index is -3.91. The van der Waals surface area contributed by atoms with Crippen LogP contribution in [0.5, 0.6) is 5.75 Å². The number of methoxy groups -OCH3 is 1. The van der Waals surface area contributed by atoms with E-state index in [0.717, 1.165) is 4.47 Å². The van der Waals surface area contributed by atoms with Gasteiger partial charge in [-0.05, 0) is 48.5 Å². The molecule has 0 aliphatic carbocycles. The fraction of sp³-hybridized carbons (Fsp3) is 0.0714. The van der Waals surface area contributed by atoms with Crippen molar-refractivity contribution in [3.8, 4) is 5.75 Å². The lowest BCUT2D eigenvalue weighted by Crippen LogP contribution is -2.09. The molecule has 0 bridgehead atoms. The lowest BCUT2D eigenvalue weighted by molar-refractivity contribution is 0.0600. The number of esters is 1. The van der Waals surface area contributed by atoms with Crippen molar-refractivity contribution in [1.82, 2.24) is 0 Å². The Labute approximate surface area is 130 Å². The van der Waals surface area contributed by atoms with Gasteiger partial charge in [-0.3, -0.25) is 0 Å². The summed E-state index contributed by atoms with van der Waals surface area (Å²) in [7, 11) is -2.64. The number of hydrogen-bond donors (Lipinski definition) is 0. The Morgan fingerprint density at radius 2 is 1.57 bits per heavy atom. The number of benzene rings is 2. The fourth-order valence-corrected chi connectivity index (χ4v) is 2.73. The van der Waals surface area contributed by atoms with Gasteiger partial charge >= 0.3 is 16.1 Å². The topological polar surface area (TPSA) is 69.7 Å². The highest BCUT2D eigenvalue weighted by atomic mass is 79.9. The van der Waals surface area contributed by atoms with Gasteiger partial charge in [0.1, 0.15) is 10.6 Å². The smallest absolute Gasteiger partial charge is 0.339 e. The third kappa shape index (κ3) is 3.83. The molecule has 2 aromatic carbocycles. The van der Waals surface area contributed by atoms with Crippen LogP contribution in [0.25, 0.3) is 0 Å². The van der Waals surface area contributed by atoms with Crippen molar-refractivity contribution in [2.45, 2.75) is 4.90 Å². The highest BCUT2D eigenvalue weighted by molar-refractivity contribution is 9.10. The van der Waals surface area contributed by atoms with E-state index in [1.807, 2.05) is 0 Å². The summed E-state index contributed by atoms with van der Waals surface area (Å²) in [5.74, 6) is -0.386. The van der Waals surface area contributed by atoms with E-state index in [1.54, 1.807) is 12.1 Å². The van der Waals surface area contributed by atoms with Gasteiger partial charge in [-0.2, -0.15) is 8.42 Å². The van der Waals surface area contributed by atoms with Crippen LogP contribution in [0.15, 0.2) is 57.9 Å². The van der Waals surface area contributed by atoms with Crippen LogP contribution in [0.3, 0.4) is 0 Å². The second-order valence-electron chi connectivity index (χ2n) is 4.01. The fourth-order valence-electron chi connectivity index (χ4n) is 1.54. The molecule has 2 aromatic rings. The van der Waals surface area contributed by atoms with Gasteiger partial charge in [0.25, 0.3) is 0 Å². The lowest BCUT2D eigenvalue weighted by atomic mass is 10.2. The number of carbonyl (C=O) groups excluding carboxylic acids is 1. The first-order valence-corrected chi connectivity index (χ1v) is 8.01. The summed E-state index contributed by atoms with van der Waals surface area (Å²) in [6.07, 6.45) is 0. The zero-order valence-corrected chi connectivity index (χ0v) is 13.3. The number of rotatable bonds is 4. The zero-order valence-electron chi connectivity index (χ0n) is 10.9.